The van der Waals surface area contributed by atoms with Crippen LogP contribution in [0, 0.1) is 6.92 Å². The summed E-state index contributed by atoms with van der Waals surface area (Å²) in [7, 11) is -4.02. The first kappa shape index (κ1) is 24.6. The van der Waals surface area contributed by atoms with E-state index in [1.54, 1.807) is 12.1 Å². The van der Waals surface area contributed by atoms with Gasteiger partial charge in [0.1, 0.15) is 0 Å². The number of hydrogen-bond acceptors (Lipinski definition) is 3. The van der Waals surface area contributed by atoms with Crippen molar-refractivity contribution in [3.8, 4) is 0 Å². The number of benzene rings is 3. The Labute approximate surface area is 179 Å². The molecule has 2 N–H and O–H groups in total. The average Bonchev–Trinajstić information content (AvgIpc) is 2.72. The van der Waals surface area contributed by atoms with Gasteiger partial charge in [0.05, 0.1) is 10.5 Å². The summed E-state index contributed by atoms with van der Waals surface area (Å²) in [4.78, 5) is -0.0666. The second-order valence-corrected chi connectivity index (χ2v) is 8.30. The molecule has 0 bridgehead atoms. The van der Waals surface area contributed by atoms with Crippen LogP contribution in [0.5, 0.6) is 0 Å². The molecule has 166 valence electrons. The molecule has 0 saturated heterocycles. The Bertz CT molecular complexity index is 1050. The van der Waals surface area contributed by atoms with Crippen molar-refractivity contribution in [2.45, 2.75) is 30.3 Å². The lowest BCUT2D eigenvalue weighted by atomic mass is 9.88. The SMILES string of the molecule is Cc1ccc(S(=O)(=O)O)cc1.OCCC(c1ccccc1)c1ccc(C(F)(F)F)cc1. The van der Waals surface area contributed by atoms with Gasteiger partial charge in [-0.3, -0.25) is 4.55 Å². The molecule has 0 radical (unpaired) electrons. The number of hydrogen-bond donors (Lipinski definition) is 2. The highest BCUT2D eigenvalue weighted by Gasteiger charge is 2.30. The van der Waals surface area contributed by atoms with Crippen LogP contribution in [-0.4, -0.2) is 24.7 Å². The van der Waals surface area contributed by atoms with Gasteiger partial charge in [-0.05, 0) is 48.7 Å². The Kier molecular flexibility index (Phi) is 8.38. The number of halogens is 3. The van der Waals surface area contributed by atoms with Gasteiger partial charge in [-0.15, -0.1) is 0 Å². The van der Waals surface area contributed by atoms with E-state index >= 15 is 0 Å². The Morgan fingerprint density at radius 1 is 0.839 bits per heavy atom. The van der Waals surface area contributed by atoms with E-state index in [-0.39, 0.29) is 17.4 Å². The summed E-state index contributed by atoms with van der Waals surface area (Å²) >= 11 is 0. The van der Waals surface area contributed by atoms with Crippen LogP contribution in [0.25, 0.3) is 0 Å². The summed E-state index contributed by atoms with van der Waals surface area (Å²) in [5.74, 6) is -0.0940. The third-order valence-electron chi connectivity index (χ3n) is 4.58. The van der Waals surface area contributed by atoms with Gasteiger partial charge in [0.15, 0.2) is 0 Å². The molecular weight excluding hydrogens is 429 g/mol. The first-order valence-corrected chi connectivity index (χ1v) is 10.8. The van der Waals surface area contributed by atoms with Crippen LogP contribution < -0.4 is 0 Å². The maximum atomic E-state index is 12.6. The lowest BCUT2D eigenvalue weighted by molar-refractivity contribution is -0.137. The zero-order valence-corrected chi connectivity index (χ0v) is 17.6. The maximum Gasteiger partial charge on any atom is 0.416 e. The molecule has 4 nitrogen and oxygen atoms in total. The summed E-state index contributed by atoms with van der Waals surface area (Å²) in [6, 6.07) is 20.6. The Balaban J connectivity index is 0.000000262. The minimum atomic E-state index is -4.32. The van der Waals surface area contributed by atoms with Gasteiger partial charge < -0.3 is 5.11 Å². The van der Waals surface area contributed by atoms with Crippen LogP contribution in [0.1, 0.15) is 34.6 Å². The van der Waals surface area contributed by atoms with Crippen LogP contribution in [0.4, 0.5) is 13.2 Å². The third kappa shape index (κ3) is 7.50. The van der Waals surface area contributed by atoms with E-state index in [4.69, 9.17) is 9.66 Å². The Morgan fingerprint density at radius 2 is 1.35 bits per heavy atom. The van der Waals surface area contributed by atoms with Crippen molar-refractivity contribution in [3.63, 3.8) is 0 Å². The van der Waals surface area contributed by atoms with E-state index in [0.29, 0.717) is 6.42 Å². The van der Waals surface area contributed by atoms with Crippen molar-refractivity contribution in [3.05, 3.63) is 101 Å². The molecule has 8 heteroatoms. The molecule has 0 fully saturated rings. The second kappa shape index (κ2) is 10.6. The molecule has 3 aromatic rings. The van der Waals surface area contributed by atoms with Crippen LogP contribution in [-0.2, 0) is 16.3 Å². The molecule has 1 unspecified atom stereocenters. The van der Waals surface area contributed by atoms with Gasteiger partial charge in [0.25, 0.3) is 10.1 Å². The van der Waals surface area contributed by atoms with E-state index < -0.39 is 21.9 Å². The zero-order chi connectivity index (χ0) is 23.1. The number of rotatable bonds is 5. The number of alkyl halides is 3. The molecule has 0 aliphatic carbocycles. The summed E-state index contributed by atoms with van der Waals surface area (Å²) < 4.78 is 67.2. The minimum Gasteiger partial charge on any atom is -0.396 e. The first-order valence-electron chi connectivity index (χ1n) is 9.39. The largest absolute Gasteiger partial charge is 0.416 e. The number of aliphatic hydroxyl groups is 1. The van der Waals surface area contributed by atoms with Gasteiger partial charge in [-0.1, -0.05) is 60.2 Å². The van der Waals surface area contributed by atoms with Crippen LogP contribution >= 0.6 is 0 Å². The van der Waals surface area contributed by atoms with Crippen LogP contribution in [0.2, 0.25) is 0 Å². The fourth-order valence-electron chi connectivity index (χ4n) is 2.95. The van der Waals surface area contributed by atoms with Gasteiger partial charge >= 0.3 is 6.18 Å². The maximum absolute atomic E-state index is 12.6. The summed E-state index contributed by atoms with van der Waals surface area (Å²) in [5.41, 5.74) is 2.06. The van der Waals surface area contributed by atoms with Gasteiger partial charge in [-0.25, -0.2) is 0 Å². The van der Waals surface area contributed by atoms with E-state index in [0.717, 1.165) is 28.8 Å². The number of aryl methyl sites for hydroxylation is 1. The van der Waals surface area contributed by atoms with Gasteiger partial charge in [0, 0.05) is 12.5 Å². The van der Waals surface area contributed by atoms with Gasteiger partial charge in [0.2, 0.25) is 0 Å². The smallest absolute Gasteiger partial charge is 0.396 e. The standard InChI is InChI=1S/C16H15F3O.C7H8O3S/c17-16(18,19)14-8-6-13(7-9-14)15(10-11-20)12-4-2-1-3-5-12;1-6-2-4-7(5-3-6)11(8,9)10/h1-9,15,20H,10-11H2;2-5H,1H3,(H,8,9,10). The highest BCUT2D eigenvalue weighted by Crippen LogP contribution is 2.32. The van der Waals surface area contributed by atoms with Crippen molar-refractivity contribution in [1.82, 2.24) is 0 Å². The molecule has 0 spiro atoms. The average molecular weight is 452 g/mol. The van der Waals surface area contributed by atoms with E-state index in [1.807, 2.05) is 37.3 Å². The van der Waals surface area contributed by atoms with Crippen molar-refractivity contribution < 1.29 is 31.2 Å². The lowest BCUT2D eigenvalue weighted by Crippen LogP contribution is -2.07. The zero-order valence-electron chi connectivity index (χ0n) is 16.8. The highest BCUT2D eigenvalue weighted by molar-refractivity contribution is 7.85. The first-order chi connectivity index (χ1) is 14.5. The second-order valence-electron chi connectivity index (χ2n) is 6.88. The lowest BCUT2D eigenvalue weighted by Gasteiger charge is -2.17. The molecule has 31 heavy (non-hydrogen) atoms. The molecule has 0 saturated carbocycles. The topological polar surface area (TPSA) is 74.6 Å². The molecule has 0 heterocycles. The normalized spacial score (nSPS) is 12.6. The Morgan fingerprint density at radius 3 is 1.81 bits per heavy atom. The van der Waals surface area contributed by atoms with Crippen LogP contribution in [0.15, 0.2) is 83.8 Å². The van der Waals surface area contributed by atoms with Crippen molar-refractivity contribution in [1.29, 1.82) is 0 Å². The number of aliphatic hydroxyl groups excluding tert-OH is 1. The minimum absolute atomic E-state index is 0.0133. The van der Waals surface area contributed by atoms with E-state index in [2.05, 4.69) is 0 Å². The van der Waals surface area contributed by atoms with Crippen molar-refractivity contribution >= 4 is 10.1 Å². The Hall–Kier alpha value is -2.68. The third-order valence-corrected chi connectivity index (χ3v) is 5.45. The predicted octanol–water partition coefficient (Wildman–Crippen LogP) is 5.46. The molecule has 0 aromatic heterocycles. The van der Waals surface area contributed by atoms with Crippen molar-refractivity contribution in [2.24, 2.45) is 0 Å². The summed E-state index contributed by atoms with van der Waals surface area (Å²) in [6.07, 6.45) is -3.84. The fraction of sp³-hybridized carbons (Fsp3) is 0.217. The molecular formula is C23H23F3O4S. The van der Waals surface area contributed by atoms with E-state index in [9.17, 15) is 21.6 Å². The van der Waals surface area contributed by atoms with Crippen molar-refractivity contribution in [2.75, 3.05) is 6.61 Å². The molecule has 0 aliphatic heterocycles. The molecule has 0 aliphatic rings. The summed E-state index contributed by atoms with van der Waals surface area (Å²) in [6.45, 7) is 1.83. The highest BCUT2D eigenvalue weighted by atomic mass is 32.2. The molecule has 3 aromatic carbocycles. The van der Waals surface area contributed by atoms with Gasteiger partial charge in [-0.2, -0.15) is 21.6 Å². The fourth-order valence-corrected chi connectivity index (χ4v) is 3.43. The summed E-state index contributed by atoms with van der Waals surface area (Å²) in [5, 5.41) is 9.16. The quantitative estimate of drug-likeness (QED) is 0.504. The molecule has 0 amide bonds. The van der Waals surface area contributed by atoms with E-state index in [1.165, 1.54) is 24.3 Å². The molecule has 1 atom stereocenters. The predicted molar refractivity (Wildman–Crippen MR) is 112 cm³/mol. The molecule has 3 rings (SSSR count). The monoisotopic (exact) mass is 452 g/mol. The van der Waals surface area contributed by atoms with Crippen LogP contribution in [0.3, 0.4) is 0 Å².